The predicted octanol–water partition coefficient (Wildman–Crippen LogP) is 3.21. The van der Waals surface area contributed by atoms with Crippen molar-refractivity contribution in [3.8, 4) is 5.75 Å². The Morgan fingerprint density at radius 2 is 1.82 bits per heavy atom. The van der Waals surface area contributed by atoms with Crippen molar-refractivity contribution in [3.05, 3.63) is 106 Å². The summed E-state index contributed by atoms with van der Waals surface area (Å²) in [6.07, 6.45) is 6.84. The predicted molar refractivity (Wildman–Crippen MR) is 129 cm³/mol. The third-order valence-electron chi connectivity index (χ3n) is 6.36. The molecular weight excluding hydrogens is 430 g/mol. The van der Waals surface area contributed by atoms with Crippen LogP contribution in [0.1, 0.15) is 28.6 Å². The van der Waals surface area contributed by atoms with Gasteiger partial charge in [0.25, 0.3) is 5.56 Å². The Morgan fingerprint density at radius 1 is 1.03 bits per heavy atom. The highest BCUT2D eigenvalue weighted by molar-refractivity contribution is 5.42. The van der Waals surface area contributed by atoms with Gasteiger partial charge in [0, 0.05) is 50.5 Å². The van der Waals surface area contributed by atoms with E-state index in [1.165, 1.54) is 0 Å². The van der Waals surface area contributed by atoms with Gasteiger partial charge in [-0.15, -0.1) is 0 Å². The lowest BCUT2D eigenvalue weighted by Gasteiger charge is -2.40. The molecule has 1 fully saturated rings. The van der Waals surface area contributed by atoms with Crippen LogP contribution in [0.5, 0.6) is 5.75 Å². The van der Waals surface area contributed by atoms with E-state index in [1.54, 1.807) is 41.6 Å². The van der Waals surface area contributed by atoms with Crippen LogP contribution in [0.15, 0.2) is 82.6 Å². The lowest BCUT2D eigenvalue weighted by molar-refractivity contribution is 0.207. The van der Waals surface area contributed by atoms with Crippen LogP contribution in [-0.2, 0) is 6.54 Å². The average Bonchev–Trinajstić information content (AvgIpc) is 3.39. The molecule has 5 heterocycles. The number of nitrogens with zero attached hydrogens (tertiary/aromatic N) is 5. The molecule has 1 aliphatic heterocycles. The topological polar surface area (TPSA) is 87.6 Å². The second kappa shape index (κ2) is 9.52. The molecular formula is C26H27N5O3. The van der Waals surface area contributed by atoms with Crippen LogP contribution in [0, 0.1) is 6.92 Å². The number of pyridine rings is 3. The highest BCUT2D eigenvalue weighted by atomic mass is 16.3. The van der Waals surface area contributed by atoms with E-state index >= 15 is 0 Å². The van der Waals surface area contributed by atoms with Gasteiger partial charge < -0.3 is 19.0 Å². The summed E-state index contributed by atoms with van der Waals surface area (Å²) in [4.78, 5) is 26.9. The van der Waals surface area contributed by atoms with Gasteiger partial charge in [-0.25, -0.2) is 4.98 Å². The molecule has 34 heavy (non-hydrogen) atoms. The van der Waals surface area contributed by atoms with Crippen LogP contribution in [0.4, 0.5) is 5.82 Å². The molecule has 1 N–H and O–H groups in total. The SMILES string of the molecule is Cc1cc(O)c([C@@H](c2ccncc2)N2CCN(c3ccccn3)CC2)c(=O)n1Cc1ccco1. The van der Waals surface area contributed by atoms with Gasteiger partial charge in [-0.1, -0.05) is 6.07 Å². The second-order valence-electron chi connectivity index (χ2n) is 8.45. The first-order chi connectivity index (χ1) is 16.6. The van der Waals surface area contributed by atoms with E-state index in [1.807, 2.05) is 43.3 Å². The van der Waals surface area contributed by atoms with Crippen LogP contribution in [0.2, 0.25) is 0 Å². The quantitative estimate of drug-likeness (QED) is 0.476. The number of hydrogen-bond acceptors (Lipinski definition) is 7. The van der Waals surface area contributed by atoms with Crippen LogP contribution in [-0.4, -0.2) is 50.7 Å². The summed E-state index contributed by atoms with van der Waals surface area (Å²) in [6, 6.07) is 14.6. The zero-order chi connectivity index (χ0) is 23.5. The monoisotopic (exact) mass is 457 g/mol. The van der Waals surface area contributed by atoms with Gasteiger partial charge in [0.1, 0.15) is 17.3 Å². The summed E-state index contributed by atoms with van der Waals surface area (Å²) in [5.74, 6) is 1.64. The van der Waals surface area contributed by atoms with E-state index in [9.17, 15) is 9.90 Å². The van der Waals surface area contributed by atoms with Gasteiger partial charge in [0.15, 0.2) is 0 Å². The van der Waals surface area contributed by atoms with Crippen molar-refractivity contribution in [1.82, 2.24) is 19.4 Å². The summed E-state index contributed by atoms with van der Waals surface area (Å²) in [5.41, 5.74) is 1.75. The van der Waals surface area contributed by atoms with Crippen molar-refractivity contribution in [1.29, 1.82) is 0 Å². The number of rotatable bonds is 6. The van der Waals surface area contributed by atoms with Crippen molar-refractivity contribution in [2.45, 2.75) is 19.5 Å². The van der Waals surface area contributed by atoms with Crippen molar-refractivity contribution in [3.63, 3.8) is 0 Å². The Bertz CT molecular complexity index is 1280. The average molecular weight is 458 g/mol. The van der Waals surface area contributed by atoms with Crippen molar-refractivity contribution < 1.29 is 9.52 Å². The number of hydrogen-bond donors (Lipinski definition) is 1. The normalized spacial score (nSPS) is 15.4. The first kappa shape index (κ1) is 21.9. The number of piperazine rings is 1. The minimum atomic E-state index is -0.398. The van der Waals surface area contributed by atoms with Crippen molar-refractivity contribution >= 4 is 5.82 Å². The number of aryl methyl sites for hydroxylation is 1. The minimum Gasteiger partial charge on any atom is -0.507 e. The van der Waals surface area contributed by atoms with Crippen molar-refractivity contribution in [2.24, 2.45) is 0 Å². The summed E-state index contributed by atoms with van der Waals surface area (Å²) >= 11 is 0. The Hall–Kier alpha value is -3.91. The zero-order valence-electron chi connectivity index (χ0n) is 19.0. The van der Waals surface area contributed by atoms with E-state index in [-0.39, 0.29) is 11.3 Å². The van der Waals surface area contributed by atoms with E-state index in [2.05, 4.69) is 19.8 Å². The van der Waals surface area contributed by atoms with Crippen LogP contribution in [0.25, 0.3) is 0 Å². The summed E-state index contributed by atoms with van der Waals surface area (Å²) in [5, 5.41) is 11.0. The molecule has 0 bridgehead atoms. The molecule has 8 nitrogen and oxygen atoms in total. The number of furan rings is 1. The lowest BCUT2D eigenvalue weighted by atomic mass is 9.96. The third-order valence-corrected chi connectivity index (χ3v) is 6.36. The lowest BCUT2D eigenvalue weighted by Crippen LogP contribution is -2.49. The maximum absolute atomic E-state index is 13.8. The molecule has 0 unspecified atom stereocenters. The molecule has 8 heteroatoms. The van der Waals surface area contributed by atoms with E-state index < -0.39 is 6.04 Å². The largest absolute Gasteiger partial charge is 0.507 e. The highest BCUT2D eigenvalue weighted by Crippen LogP contribution is 2.33. The third kappa shape index (κ3) is 4.32. The van der Waals surface area contributed by atoms with Crippen LogP contribution < -0.4 is 10.5 Å². The van der Waals surface area contributed by atoms with E-state index in [4.69, 9.17) is 4.42 Å². The molecule has 5 rings (SSSR count). The molecule has 1 saturated heterocycles. The van der Waals surface area contributed by atoms with Gasteiger partial charge >= 0.3 is 0 Å². The van der Waals surface area contributed by atoms with Crippen molar-refractivity contribution in [2.75, 3.05) is 31.1 Å². The standard InChI is InChI=1S/C26H27N5O3/c1-19-17-22(32)24(26(33)31(19)18-21-5-4-16-34-21)25(20-7-10-27-11-8-20)30-14-12-29(13-15-30)23-6-2-3-9-28-23/h2-11,16-17,25,32H,12-15,18H2,1H3/t25-/m1/s1. The molecule has 0 saturated carbocycles. The molecule has 1 atom stereocenters. The maximum atomic E-state index is 13.8. The Kier molecular flexibility index (Phi) is 6.14. The molecule has 0 aliphatic carbocycles. The first-order valence-electron chi connectivity index (χ1n) is 11.4. The van der Waals surface area contributed by atoms with E-state index in [0.29, 0.717) is 36.7 Å². The molecule has 0 radical (unpaired) electrons. The van der Waals surface area contributed by atoms with Gasteiger partial charge in [-0.05, 0) is 55.0 Å². The molecule has 0 aromatic carbocycles. The number of anilines is 1. The Labute approximate surface area is 197 Å². The van der Waals surface area contributed by atoms with Gasteiger partial charge in [0.2, 0.25) is 0 Å². The molecule has 174 valence electrons. The molecule has 0 spiro atoms. The molecule has 0 amide bonds. The van der Waals surface area contributed by atoms with E-state index in [0.717, 1.165) is 24.5 Å². The highest BCUT2D eigenvalue weighted by Gasteiger charge is 2.31. The van der Waals surface area contributed by atoms with Gasteiger partial charge in [0.05, 0.1) is 24.4 Å². The number of aromatic hydroxyl groups is 1. The van der Waals surface area contributed by atoms with Gasteiger partial charge in [-0.2, -0.15) is 0 Å². The Balaban J connectivity index is 1.52. The fraction of sp³-hybridized carbons (Fsp3) is 0.269. The summed E-state index contributed by atoms with van der Waals surface area (Å²) in [7, 11) is 0. The molecule has 4 aromatic rings. The Morgan fingerprint density at radius 3 is 2.50 bits per heavy atom. The first-order valence-corrected chi connectivity index (χ1v) is 11.4. The number of aromatic nitrogens is 3. The molecule has 4 aromatic heterocycles. The second-order valence-corrected chi connectivity index (χ2v) is 8.45. The molecule has 1 aliphatic rings. The fourth-order valence-corrected chi connectivity index (χ4v) is 4.64. The maximum Gasteiger partial charge on any atom is 0.260 e. The van der Waals surface area contributed by atoms with Crippen LogP contribution in [0.3, 0.4) is 0 Å². The summed E-state index contributed by atoms with van der Waals surface area (Å²) in [6.45, 7) is 5.10. The summed E-state index contributed by atoms with van der Waals surface area (Å²) < 4.78 is 7.14. The van der Waals surface area contributed by atoms with Crippen LogP contribution >= 0.6 is 0 Å². The minimum absolute atomic E-state index is 0.00663. The zero-order valence-corrected chi connectivity index (χ0v) is 19.0. The van der Waals surface area contributed by atoms with Gasteiger partial charge in [-0.3, -0.25) is 14.7 Å². The fourth-order valence-electron chi connectivity index (χ4n) is 4.64. The smallest absolute Gasteiger partial charge is 0.260 e.